The van der Waals surface area contributed by atoms with Crippen LogP contribution in [0.4, 0.5) is 17.1 Å². The fourth-order valence-corrected chi connectivity index (χ4v) is 5.23. The smallest absolute Gasteiger partial charge is 0.274 e. The molecule has 0 fully saturated rings. The van der Waals surface area contributed by atoms with E-state index in [-0.39, 0.29) is 26.7 Å². The number of amides is 1. The van der Waals surface area contributed by atoms with Crippen molar-refractivity contribution in [1.82, 2.24) is 0 Å². The molecule has 8 nitrogen and oxygen atoms in total. The van der Waals surface area contributed by atoms with E-state index < -0.39 is 32.4 Å². The number of nitrogens with one attached hydrogen (secondary N) is 3. The fourth-order valence-electron chi connectivity index (χ4n) is 2.79. The number of nitrogen functional groups attached to an aromatic ring is 1. The number of benzene rings is 3. The molecular formula is C21H20N4O4S2. The second-order valence-corrected chi connectivity index (χ2v) is 9.50. The molecule has 5 N–H and O–H groups in total. The average Bonchev–Trinajstić information content (AvgIpc) is 2.75. The van der Waals surface area contributed by atoms with Gasteiger partial charge < -0.3 is 11.1 Å². The van der Waals surface area contributed by atoms with Crippen LogP contribution in [0.3, 0.4) is 0 Å². The zero-order valence-electron chi connectivity index (χ0n) is 16.5. The highest BCUT2D eigenvalue weighted by molar-refractivity contribution is 7.93. The molecule has 1 atom stereocenters. The Hall–Kier alpha value is -3.50. The number of sulfonamides is 1. The molecule has 3 aromatic rings. The third-order valence-corrected chi connectivity index (χ3v) is 6.83. The molecule has 0 aliphatic carbocycles. The minimum absolute atomic E-state index is 0.0704. The van der Waals surface area contributed by atoms with Gasteiger partial charge in [0.25, 0.3) is 15.9 Å². The topological polar surface area (TPSA) is 142 Å². The number of carbonyl (C=O) groups is 1. The zero-order chi connectivity index (χ0) is 22.6. The highest BCUT2D eigenvalue weighted by atomic mass is 32.2. The lowest BCUT2D eigenvalue weighted by Gasteiger charge is -2.14. The number of anilines is 3. The van der Waals surface area contributed by atoms with Gasteiger partial charge in [0.1, 0.15) is 10.6 Å². The van der Waals surface area contributed by atoms with Crippen molar-refractivity contribution in [2.24, 2.45) is 0 Å². The maximum atomic E-state index is 12.9. The van der Waals surface area contributed by atoms with Crippen LogP contribution in [-0.4, -0.2) is 30.5 Å². The fraction of sp³-hybridized carbons (Fsp3) is 0.0476. The van der Waals surface area contributed by atoms with Crippen LogP contribution in [0.2, 0.25) is 0 Å². The minimum Gasteiger partial charge on any atom is -0.398 e. The summed E-state index contributed by atoms with van der Waals surface area (Å²) in [6.45, 7) is 0. The number of nitrogens with two attached hydrogens (primary N) is 1. The number of hydrogen-bond donors (Lipinski definition) is 4. The Balaban J connectivity index is 1.88. The van der Waals surface area contributed by atoms with Crippen LogP contribution in [0.15, 0.2) is 82.6 Å². The molecule has 0 saturated carbocycles. The summed E-state index contributed by atoms with van der Waals surface area (Å²) < 4.78 is 40.0. The van der Waals surface area contributed by atoms with E-state index in [0.29, 0.717) is 5.69 Å². The summed E-state index contributed by atoms with van der Waals surface area (Å²) in [6.07, 6.45) is 1.39. The van der Waals surface area contributed by atoms with Crippen molar-refractivity contribution in [1.29, 1.82) is 5.41 Å². The van der Waals surface area contributed by atoms with Crippen LogP contribution in [0.25, 0.3) is 0 Å². The summed E-state index contributed by atoms with van der Waals surface area (Å²) in [5, 5.41) is 10.8. The normalized spacial score (nSPS) is 12.0. The van der Waals surface area contributed by atoms with Crippen molar-refractivity contribution in [3.05, 3.63) is 78.4 Å². The molecule has 0 bridgehead atoms. The first kappa shape index (κ1) is 22.2. The third kappa shape index (κ3) is 5.16. The van der Waals surface area contributed by atoms with Gasteiger partial charge >= 0.3 is 0 Å². The van der Waals surface area contributed by atoms with Crippen LogP contribution in [-0.2, 0) is 25.6 Å². The van der Waals surface area contributed by atoms with Gasteiger partial charge in [-0.3, -0.25) is 19.1 Å². The summed E-state index contributed by atoms with van der Waals surface area (Å²) in [6, 6.07) is 18.7. The molecule has 160 valence electrons. The third-order valence-electron chi connectivity index (χ3n) is 4.28. The Morgan fingerprint density at radius 2 is 1.61 bits per heavy atom. The van der Waals surface area contributed by atoms with Gasteiger partial charge in [-0.15, -0.1) is 0 Å². The van der Waals surface area contributed by atoms with E-state index in [2.05, 4.69) is 10.0 Å². The van der Waals surface area contributed by atoms with Gasteiger partial charge in [-0.1, -0.05) is 30.3 Å². The first-order valence-corrected chi connectivity index (χ1v) is 12.0. The monoisotopic (exact) mass is 456 g/mol. The van der Waals surface area contributed by atoms with E-state index in [0.717, 1.165) is 0 Å². The second kappa shape index (κ2) is 9.11. The summed E-state index contributed by atoms with van der Waals surface area (Å²) in [4.78, 5) is 12.5. The van der Waals surface area contributed by atoms with E-state index in [9.17, 15) is 17.4 Å². The van der Waals surface area contributed by atoms with E-state index in [1.807, 2.05) is 0 Å². The number of hydrogen-bond acceptors (Lipinski definition) is 6. The lowest BCUT2D eigenvalue weighted by Crippen LogP contribution is -2.24. The molecular weight excluding hydrogens is 436 g/mol. The molecule has 3 rings (SSSR count). The van der Waals surface area contributed by atoms with Gasteiger partial charge in [0.05, 0.1) is 15.7 Å². The van der Waals surface area contributed by atoms with Gasteiger partial charge in [-0.05, 0) is 42.5 Å². The molecule has 0 saturated heterocycles. The maximum Gasteiger partial charge on any atom is 0.274 e. The van der Waals surface area contributed by atoms with Crippen molar-refractivity contribution >= 4 is 49.5 Å². The van der Waals surface area contributed by atoms with Gasteiger partial charge in [-0.25, -0.2) is 8.42 Å². The molecule has 0 radical (unpaired) electrons. The largest absolute Gasteiger partial charge is 0.398 e. The molecule has 0 spiro atoms. The van der Waals surface area contributed by atoms with Gasteiger partial charge in [-0.2, -0.15) is 0 Å². The summed E-state index contributed by atoms with van der Waals surface area (Å²) >= 11 is 0. The van der Waals surface area contributed by atoms with E-state index >= 15 is 0 Å². The lowest BCUT2D eigenvalue weighted by atomic mass is 10.1. The van der Waals surface area contributed by atoms with Gasteiger partial charge in [0, 0.05) is 28.9 Å². The second-order valence-electron chi connectivity index (χ2n) is 6.50. The van der Waals surface area contributed by atoms with Crippen LogP contribution < -0.4 is 15.8 Å². The zero-order valence-corrected chi connectivity index (χ0v) is 18.1. The molecule has 10 heteroatoms. The van der Waals surface area contributed by atoms with Crippen molar-refractivity contribution in [2.45, 2.75) is 9.79 Å². The molecule has 3 aromatic carbocycles. The van der Waals surface area contributed by atoms with E-state index in [1.165, 1.54) is 42.7 Å². The summed E-state index contributed by atoms with van der Waals surface area (Å²) in [5.74, 6) is -0.690. The van der Waals surface area contributed by atoms with Crippen molar-refractivity contribution in [3.8, 4) is 0 Å². The lowest BCUT2D eigenvalue weighted by molar-refractivity contribution is -0.110. The maximum absolute atomic E-state index is 12.9. The first-order chi connectivity index (χ1) is 14.7. The Morgan fingerprint density at radius 3 is 2.29 bits per heavy atom. The number of para-hydroxylation sites is 1. The number of carbonyl (C=O) groups excluding carboxylic acids is 1. The predicted octanol–water partition coefficient (Wildman–Crippen LogP) is 2.81. The Labute approximate surface area is 182 Å². The van der Waals surface area contributed by atoms with E-state index in [1.54, 1.807) is 36.4 Å². The van der Waals surface area contributed by atoms with Gasteiger partial charge in [0.15, 0.2) is 0 Å². The minimum atomic E-state index is -4.07. The van der Waals surface area contributed by atoms with Crippen LogP contribution in [0.5, 0.6) is 0 Å². The first-order valence-electron chi connectivity index (χ1n) is 8.99. The van der Waals surface area contributed by atoms with Crippen molar-refractivity contribution in [2.75, 3.05) is 22.0 Å². The Bertz CT molecular complexity index is 1280. The highest BCUT2D eigenvalue weighted by Gasteiger charge is 2.22. The molecule has 0 aromatic heterocycles. The van der Waals surface area contributed by atoms with Crippen LogP contribution in [0, 0.1) is 5.41 Å². The Morgan fingerprint density at radius 1 is 0.968 bits per heavy atom. The van der Waals surface area contributed by atoms with Crippen LogP contribution >= 0.6 is 0 Å². The standard InChI is InChI=1S/C21H20N4O4S2/c1-30(27)18-9-5-6-10-19(18)31(28,29)25-15-11-12-17(22)16(13-15)20(23)21(26)24-14-7-3-2-4-8-14/h2-13,23,25H,22H2,1H3,(H,24,26). The van der Waals surface area contributed by atoms with Gasteiger partial charge in [0.2, 0.25) is 0 Å². The predicted molar refractivity (Wildman–Crippen MR) is 122 cm³/mol. The SMILES string of the molecule is CS(=O)c1ccccc1S(=O)(=O)Nc1ccc(N)c(C(=N)C(=O)Nc2ccccc2)c1. The number of rotatable bonds is 7. The van der Waals surface area contributed by atoms with E-state index in [4.69, 9.17) is 11.1 Å². The van der Waals surface area contributed by atoms with Crippen molar-refractivity contribution in [3.63, 3.8) is 0 Å². The Kier molecular flexibility index (Phi) is 6.52. The molecule has 1 amide bonds. The average molecular weight is 457 g/mol. The molecule has 1 unspecified atom stereocenters. The summed E-state index contributed by atoms with van der Waals surface area (Å²) in [7, 11) is -5.58. The quantitative estimate of drug-likeness (QED) is 0.319. The summed E-state index contributed by atoms with van der Waals surface area (Å²) in [5.41, 5.74) is 6.34. The molecule has 0 aliphatic rings. The molecule has 0 heterocycles. The van der Waals surface area contributed by atoms with Crippen LogP contribution in [0.1, 0.15) is 5.56 Å². The van der Waals surface area contributed by atoms with Crippen molar-refractivity contribution < 1.29 is 17.4 Å². The molecule has 0 aliphatic heterocycles. The highest BCUT2D eigenvalue weighted by Crippen LogP contribution is 2.24. The molecule has 31 heavy (non-hydrogen) atoms.